The van der Waals surface area contributed by atoms with E-state index in [1.54, 1.807) is 6.07 Å². The second-order valence-corrected chi connectivity index (χ2v) is 10.2. The van der Waals surface area contributed by atoms with Crippen LogP contribution in [0.4, 0.5) is 5.82 Å². The number of para-hydroxylation sites is 1. The van der Waals surface area contributed by atoms with Gasteiger partial charge in [0.1, 0.15) is 17.2 Å². The fraction of sp³-hybridized carbons (Fsp3) is 0.350. The number of aromatic nitrogens is 1. The van der Waals surface area contributed by atoms with Crippen LogP contribution in [0.5, 0.6) is 0 Å². The van der Waals surface area contributed by atoms with Crippen molar-refractivity contribution in [3.05, 3.63) is 57.9 Å². The summed E-state index contributed by atoms with van der Waals surface area (Å²) < 4.78 is 39.0. The lowest BCUT2D eigenvalue weighted by Crippen LogP contribution is -2.48. The van der Waals surface area contributed by atoms with Crippen molar-refractivity contribution < 1.29 is 27.6 Å². The van der Waals surface area contributed by atoms with Gasteiger partial charge in [0.15, 0.2) is 0 Å². The van der Waals surface area contributed by atoms with Crippen LogP contribution in [0.3, 0.4) is 0 Å². The van der Waals surface area contributed by atoms with Crippen molar-refractivity contribution in [2.24, 2.45) is 0 Å². The van der Waals surface area contributed by atoms with Crippen molar-refractivity contribution in [3.8, 4) is 0 Å². The maximum atomic E-state index is 12.9. The number of ether oxygens (including phenoxy) is 1. The smallest absolute Gasteiger partial charge is 0.464 e. The second kappa shape index (κ2) is 10.2. The molecule has 4 rings (SSSR count). The van der Waals surface area contributed by atoms with Gasteiger partial charge in [0, 0.05) is 18.5 Å². The summed E-state index contributed by atoms with van der Waals surface area (Å²) in [5.41, 5.74) is 1.37. The van der Waals surface area contributed by atoms with Gasteiger partial charge in [0.2, 0.25) is 10.0 Å². The summed E-state index contributed by atoms with van der Waals surface area (Å²) in [7, 11) is -5.99. The molecule has 0 unspecified atom stereocenters. The summed E-state index contributed by atoms with van der Waals surface area (Å²) in [6.07, 6.45) is 1.48. The van der Waals surface area contributed by atoms with Crippen LogP contribution in [0.1, 0.15) is 11.3 Å². The van der Waals surface area contributed by atoms with Crippen molar-refractivity contribution in [1.82, 2.24) is 9.71 Å². The summed E-state index contributed by atoms with van der Waals surface area (Å²) >= 11 is 12.5. The third-order valence-corrected chi connectivity index (χ3v) is 7.23. The molecule has 1 atom stereocenters. The summed E-state index contributed by atoms with van der Waals surface area (Å²) in [5.74, 6) is -1.34. The number of hydrogen-bond donors (Lipinski definition) is 3. The predicted molar refractivity (Wildman–Crippen MR) is 127 cm³/mol. The highest BCUT2D eigenvalue weighted by molar-refractivity contribution is 7.88. The van der Waals surface area contributed by atoms with Gasteiger partial charge in [0.05, 0.1) is 41.2 Å². The van der Waals surface area contributed by atoms with Gasteiger partial charge in [-0.05, 0) is 24.1 Å². The molecule has 0 radical (unpaired) electrons. The molecule has 1 aliphatic heterocycles. The standard InChI is InChI=1S/C20H22BCl2N3O6S/c22-15-10-16(23)20(26-5-7-31-8-6-26)24-17(15)12-33(29,30)25-19(21(27)28)9-13-11-32-18-4-2-1-3-14(13)18/h1-4,10-11,19,25,27-28H,5-9,12H2/t19-/m0/s1. The molecule has 0 saturated carbocycles. The fourth-order valence-electron chi connectivity index (χ4n) is 3.68. The monoisotopic (exact) mass is 513 g/mol. The van der Waals surface area contributed by atoms with Crippen LogP contribution >= 0.6 is 23.2 Å². The van der Waals surface area contributed by atoms with E-state index in [2.05, 4.69) is 9.71 Å². The Morgan fingerprint density at radius 1 is 1.18 bits per heavy atom. The van der Waals surface area contributed by atoms with E-state index in [1.807, 2.05) is 23.1 Å². The molecule has 1 fully saturated rings. The minimum Gasteiger partial charge on any atom is -0.464 e. The molecule has 0 amide bonds. The Morgan fingerprint density at radius 3 is 2.64 bits per heavy atom. The van der Waals surface area contributed by atoms with Crippen molar-refractivity contribution >= 4 is 57.1 Å². The number of fused-ring (bicyclic) bond motifs is 1. The zero-order valence-electron chi connectivity index (χ0n) is 17.4. The number of halogens is 2. The molecular weight excluding hydrogens is 492 g/mol. The first kappa shape index (κ1) is 24.3. The average molecular weight is 514 g/mol. The van der Waals surface area contributed by atoms with E-state index in [1.165, 1.54) is 12.3 Å². The van der Waals surface area contributed by atoms with E-state index < -0.39 is 28.8 Å². The van der Waals surface area contributed by atoms with Gasteiger partial charge < -0.3 is 24.1 Å². The van der Waals surface area contributed by atoms with Crippen LogP contribution in [-0.2, 0) is 26.9 Å². The molecule has 13 heteroatoms. The van der Waals surface area contributed by atoms with Crippen molar-refractivity contribution in [1.29, 1.82) is 0 Å². The summed E-state index contributed by atoms with van der Waals surface area (Å²) in [6.45, 7) is 2.15. The molecule has 1 saturated heterocycles. The van der Waals surface area contributed by atoms with Gasteiger partial charge >= 0.3 is 7.12 Å². The highest BCUT2D eigenvalue weighted by Crippen LogP contribution is 2.30. The Bertz CT molecular complexity index is 1230. The minimum atomic E-state index is -4.05. The first-order valence-electron chi connectivity index (χ1n) is 10.2. The van der Waals surface area contributed by atoms with Gasteiger partial charge in [-0.1, -0.05) is 41.4 Å². The molecule has 3 aromatic rings. The number of benzene rings is 1. The molecule has 1 aromatic carbocycles. The van der Waals surface area contributed by atoms with Crippen LogP contribution in [-0.4, -0.2) is 62.8 Å². The summed E-state index contributed by atoms with van der Waals surface area (Å²) in [6, 6.07) is 8.67. The summed E-state index contributed by atoms with van der Waals surface area (Å²) in [5, 5.41) is 20.9. The van der Waals surface area contributed by atoms with E-state index in [9.17, 15) is 18.5 Å². The zero-order valence-corrected chi connectivity index (χ0v) is 19.8. The van der Waals surface area contributed by atoms with Crippen LogP contribution in [0.25, 0.3) is 11.0 Å². The molecule has 3 heterocycles. The largest absolute Gasteiger partial charge is 0.471 e. The second-order valence-electron chi connectivity index (χ2n) is 7.68. The van der Waals surface area contributed by atoms with Gasteiger partial charge in [-0.3, -0.25) is 0 Å². The zero-order chi connectivity index (χ0) is 23.6. The number of hydrogen-bond acceptors (Lipinski definition) is 8. The predicted octanol–water partition coefficient (Wildman–Crippen LogP) is 2.01. The number of rotatable bonds is 8. The average Bonchev–Trinajstić information content (AvgIpc) is 3.18. The number of sulfonamides is 1. The first-order valence-corrected chi connectivity index (χ1v) is 12.6. The van der Waals surface area contributed by atoms with E-state index in [-0.39, 0.29) is 17.1 Å². The lowest BCUT2D eigenvalue weighted by molar-refractivity contribution is 0.122. The first-order chi connectivity index (χ1) is 15.7. The third-order valence-electron chi connectivity index (χ3n) is 5.31. The normalized spacial score (nSPS) is 15.7. The summed E-state index contributed by atoms with van der Waals surface area (Å²) in [4.78, 5) is 6.30. The topological polar surface area (TPSA) is 125 Å². The van der Waals surface area contributed by atoms with Gasteiger partial charge in [0.25, 0.3) is 0 Å². The third kappa shape index (κ3) is 5.80. The Hall–Kier alpha value is -1.86. The lowest BCUT2D eigenvalue weighted by atomic mass is 9.77. The van der Waals surface area contributed by atoms with Crippen LogP contribution < -0.4 is 9.62 Å². The molecule has 33 heavy (non-hydrogen) atoms. The number of pyridine rings is 1. The van der Waals surface area contributed by atoms with E-state index in [4.69, 9.17) is 32.4 Å². The SMILES string of the molecule is O=S(=O)(Cc1nc(N2CCOCC2)c(Cl)cc1Cl)N[C@@H](Cc1coc2ccccc12)B(O)O. The Kier molecular flexibility index (Phi) is 7.49. The molecular formula is C20H22BCl2N3O6S. The maximum absolute atomic E-state index is 12.9. The van der Waals surface area contributed by atoms with E-state index in [0.29, 0.717) is 48.3 Å². The number of furan rings is 1. The Balaban J connectivity index is 1.53. The molecule has 9 nitrogen and oxygen atoms in total. The van der Waals surface area contributed by atoms with Gasteiger partial charge in [-0.15, -0.1) is 0 Å². The number of anilines is 1. The molecule has 0 bridgehead atoms. The highest BCUT2D eigenvalue weighted by Gasteiger charge is 2.31. The molecule has 176 valence electrons. The maximum Gasteiger partial charge on any atom is 0.471 e. The molecule has 3 N–H and O–H groups in total. The van der Waals surface area contributed by atoms with Crippen molar-refractivity contribution in [2.75, 3.05) is 31.2 Å². The molecule has 2 aromatic heterocycles. The molecule has 0 spiro atoms. The highest BCUT2D eigenvalue weighted by atomic mass is 35.5. The Morgan fingerprint density at radius 2 is 1.91 bits per heavy atom. The van der Waals surface area contributed by atoms with Gasteiger partial charge in [-0.25, -0.2) is 18.1 Å². The van der Waals surface area contributed by atoms with E-state index >= 15 is 0 Å². The van der Waals surface area contributed by atoms with Crippen molar-refractivity contribution in [3.63, 3.8) is 0 Å². The quantitative estimate of drug-likeness (QED) is 0.390. The van der Waals surface area contributed by atoms with Crippen LogP contribution in [0, 0.1) is 0 Å². The van der Waals surface area contributed by atoms with Crippen LogP contribution in [0.2, 0.25) is 10.0 Å². The Labute approximate surface area is 201 Å². The molecule has 1 aliphatic rings. The van der Waals surface area contributed by atoms with E-state index in [0.717, 1.165) is 5.39 Å². The number of nitrogens with zero attached hydrogens (tertiary/aromatic N) is 2. The number of nitrogens with one attached hydrogen (secondary N) is 1. The lowest BCUT2D eigenvalue weighted by Gasteiger charge is -2.29. The van der Waals surface area contributed by atoms with Crippen molar-refractivity contribution in [2.45, 2.75) is 18.1 Å². The van der Waals surface area contributed by atoms with Gasteiger partial charge in [-0.2, -0.15) is 0 Å². The fourth-order valence-corrected chi connectivity index (χ4v) is 5.63. The van der Waals surface area contributed by atoms with Crippen LogP contribution in [0.15, 0.2) is 41.0 Å². The molecule has 0 aliphatic carbocycles. The minimum absolute atomic E-state index is 0.00865. The number of morpholine rings is 1.